The molecule has 1 aromatic carbocycles. The van der Waals surface area contributed by atoms with Crippen molar-refractivity contribution in [3.63, 3.8) is 0 Å². The molecule has 0 amide bonds. The molecule has 0 aromatic heterocycles. The molecule has 0 saturated carbocycles. The van der Waals surface area contributed by atoms with Crippen LogP contribution in [0.5, 0.6) is 0 Å². The standard InChI is InChI=1S/C8H4F3NO2S/c9-8(10,11)15(13,14)7-3-1-6(5-12)2-4-7/h1-4H. The van der Waals surface area contributed by atoms with Crippen molar-refractivity contribution in [3.8, 4) is 6.07 Å². The third kappa shape index (κ3) is 2.10. The monoisotopic (exact) mass is 235 g/mol. The summed E-state index contributed by atoms with van der Waals surface area (Å²) in [5, 5.41) is 8.37. The Morgan fingerprint density at radius 3 is 1.93 bits per heavy atom. The van der Waals surface area contributed by atoms with Crippen LogP contribution in [0.15, 0.2) is 29.2 Å². The molecule has 0 fully saturated rings. The van der Waals surface area contributed by atoms with Gasteiger partial charge in [0.1, 0.15) is 0 Å². The van der Waals surface area contributed by atoms with Crippen molar-refractivity contribution in [1.29, 1.82) is 5.26 Å². The van der Waals surface area contributed by atoms with E-state index >= 15 is 0 Å². The number of halogens is 3. The van der Waals surface area contributed by atoms with Gasteiger partial charge in [0, 0.05) is 0 Å². The van der Waals surface area contributed by atoms with Gasteiger partial charge in [0.25, 0.3) is 9.84 Å². The summed E-state index contributed by atoms with van der Waals surface area (Å²) in [4.78, 5) is -0.867. The first-order chi connectivity index (χ1) is 6.79. The van der Waals surface area contributed by atoms with Gasteiger partial charge in [-0.05, 0) is 24.3 Å². The van der Waals surface area contributed by atoms with Crippen LogP contribution >= 0.6 is 0 Å². The lowest BCUT2D eigenvalue weighted by Crippen LogP contribution is -2.23. The van der Waals surface area contributed by atoms with Crippen LogP contribution in [-0.2, 0) is 9.84 Å². The van der Waals surface area contributed by atoms with E-state index in [1.807, 2.05) is 0 Å². The van der Waals surface area contributed by atoms with Crippen molar-refractivity contribution in [1.82, 2.24) is 0 Å². The zero-order chi connectivity index (χ0) is 11.7. The van der Waals surface area contributed by atoms with Crippen LogP contribution in [-0.4, -0.2) is 13.9 Å². The van der Waals surface area contributed by atoms with Gasteiger partial charge in [-0.1, -0.05) is 0 Å². The van der Waals surface area contributed by atoms with Gasteiger partial charge in [-0.25, -0.2) is 8.42 Å². The summed E-state index contributed by atoms with van der Waals surface area (Å²) in [6.45, 7) is 0. The van der Waals surface area contributed by atoms with Crippen LogP contribution in [0.2, 0.25) is 0 Å². The van der Waals surface area contributed by atoms with Crippen LogP contribution in [0, 0.1) is 11.3 Å². The van der Waals surface area contributed by atoms with Crippen LogP contribution in [0.4, 0.5) is 13.2 Å². The highest BCUT2D eigenvalue weighted by Gasteiger charge is 2.46. The third-order valence-electron chi connectivity index (χ3n) is 1.60. The van der Waals surface area contributed by atoms with Gasteiger partial charge in [-0.15, -0.1) is 0 Å². The molecule has 0 aliphatic carbocycles. The molecule has 0 N–H and O–H groups in total. The SMILES string of the molecule is N#Cc1ccc(S(=O)(=O)C(F)(F)F)cc1. The van der Waals surface area contributed by atoms with Crippen molar-refractivity contribution in [2.45, 2.75) is 10.4 Å². The molecule has 7 heteroatoms. The van der Waals surface area contributed by atoms with Gasteiger partial charge >= 0.3 is 5.51 Å². The fourth-order valence-corrected chi connectivity index (χ4v) is 1.60. The van der Waals surface area contributed by atoms with Crippen LogP contribution in [0.25, 0.3) is 0 Å². The third-order valence-corrected chi connectivity index (χ3v) is 3.10. The van der Waals surface area contributed by atoms with Gasteiger partial charge in [0.05, 0.1) is 16.5 Å². The minimum Gasteiger partial charge on any atom is -0.214 e. The number of nitrogens with zero attached hydrogens (tertiary/aromatic N) is 1. The number of alkyl halides is 3. The van der Waals surface area contributed by atoms with Crippen molar-refractivity contribution in [2.24, 2.45) is 0 Å². The zero-order valence-corrected chi connectivity index (χ0v) is 7.93. The lowest BCUT2D eigenvalue weighted by atomic mass is 10.2. The lowest BCUT2D eigenvalue weighted by Gasteiger charge is -2.07. The van der Waals surface area contributed by atoms with Crippen molar-refractivity contribution >= 4 is 9.84 Å². The average Bonchev–Trinajstić information content (AvgIpc) is 2.16. The van der Waals surface area contributed by atoms with Crippen LogP contribution in [0.3, 0.4) is 0 Å². The molecule has 15 heavy (non-hydrogen) atoms. The second-order valence-electron chi connectivity index (χ2n) is 2.59. The molecule has 0 saturated heterocycles. The predicted octanol–water partition coefficient (Wildman–Crippen LogP) is 1.85. The zero-order valence-electron chi connectivity index (χ0n) is 7.12. The second kappa shape index (κ2) is 3.55. The molecule has 0 aliphatic heterocycles. The molecule has 0 heterocycles. The molecule has 0 spiro atoms. The largest absolute Gasteiger partial charge is 0.501 e. The molecule has 1 rings (SSSR count). The van der Waals surface area contributed by atoms with E-state index in [1.165, 1.54) is 0 Å². The Labute approximate surface area is 83.7 Å². The fraction of sp³-hybridized carbons (Fsp3) is 0.125. The van der Waals surface area contributed by atoms with Gasteiger partial charge in [-0.3, -0.25) is 0 Å². The van der Waals surface area contributed by atoms with E-state index < -0.39 is 20.2 Å². The fourth-order valence-electron chi connectivity index (χ4n) is 0.842. The first-order valence-electron chi connectivity index (χ1n) is 3.60. The van der Waals surface area contributed by atoms with Gasteiger partial charge < -0.3 is 0 Å². The normalized spacial score (nSPS) is 12.1. The Kier molecular flexibility index (Phi) is 2.73. The topological polar surface area (TPSA) is 57.9 Å². The van der Waals surface area contributed by atoms with Gasteiger partial charge in [-0.2, -0.15) is 18.4 Å². The van der Waals surface area contributed by atoms with E-state index in [0.29, 0.717) is 0 Å². The minimum absolute atomic E-state index is 0.0936. The summed E-state index contributed by atoms with van der Waals surface area (Å²) in [5.41, 5.74) is -5.22. The number of hydrogen-bond donors (Lipinski definition) is 0. The van der Waals surface area contributed by atoms with Crippen molar-refractivity contribution in [2.75, 3.05) is 0 Å². The van der Waals surface area contributed by atoms with E-state index in [4.69, 9.17) is 5.26 Å². The summed E-state index contributed by atoms with van der Waals surface area (Å²) >= 11 is 0. The van der Waals surface area contributed by atoms with Crippen molar-refractivity contribution < 1.29 is 21.6 Å². The number of benzene rings is 1. The summed E-state index contributed by atoms with van der Waals surface area (Å²) in [6, 6.07) is 5.20. The summed E-state index contributed by atoms with van der Waals surface area (Å²) in [7, 11) is -5.31. The molecule has 0 atom stereocenters. The maximum Gasteiger partial charge on any atom is 0.501 e. The van der Waals surface area contributed by atoms with Gasteiger partial charge in [0.2, 0.25) is 0 Å². The van der Waals surface area contributed by atoms with Crippen LogP contribution in [0.1, 0.15) is 5.56 Å². The Morgan fingerprint density at radius 2 is 1.60 bits per heavy atom. The molecule has 0 bridgehead atoms. The van der Waals surface area contributed by atoms with E-state index in [2.05, 4.69) is 0 Å². The molecule has 1 aromatic rings. The average molecular weight is 235 g/mol. The molecule has 3 nitrogen and oxygen atoms in total. The number of sulfone groups is 1. The Hall–Kier alpha value is -1.55. The van der Waals surface area contributed by atoms with Gasteiger partial charge in [0.15, 0.2) is 0 Å². The molecule has 0 unspecified atom stereocenters. The molecule has 0 aliphatic rings. The maximum absolute atomic E-state index is 12.0. The smallest absolute Gasteiger partial charge is 0.214 e. The highest BCUT2D eigenvalue weighted by atomic mass is 32.2. The predicted molar refractivity (Wildman–Crippen MR) is 44.4 cm³/mol. The number of rotatable bonds is 1. The molecular weight excluding hydrogens is 231 g/mol. The Morgan fingerprint density at radius 1 is 1.13 bits per heavy atom. The van der Waals surface area contributed by atoms with E-state index in [9.17, 15) is 21.6 Å². The second-order valence-corrected chi connectivity index (χ2v) is 4.53. The summed E-state index contributed by atoms with van der Waals surface area (Å²) in [6.07, 6.45) is 0. The van der Waals surface area contributed by atoms with E-state index in [1.54, 1.807) is 6.07 Å². The first-order valence-corrected chi connectivity index (χ1v) is 5.09. The van der Waals surface area contributed by atoms with E-state index in [0.717, 1.165) is 24.3 Å². The van der Waals surface area contributed by atoms with Crippen molar-refractivity contribution in [3.05, 3.63) is 29.8 Å². The minimum atomic E-state index is -5.32. The quantitative estimate of drug-likeness (QED) is 0.746. The lowest BCUT2D eigenvalue weighted by molar-refractivity contribution is -0.0436. The highest BCUT2D eigenvalue weighted by molar-refractivity contribution is 7.92. The molecule has 0 radical (unpaired) electrons. The summed E-state index contributed by atoms with van der Waals surface area (Å²) < 4.78 is 57.8. The van der Waals surface area contributed by atoms with E-state index in [-0.39, 0.29) is 5.56 Å². The Bertz CT molecular complexity index is 496. The maximum atomic E-state index is 12.0. The number of nitriles is 1. The number of hydrogen-bond acceptors (Lipinski definition) is 3. The summed E-state index contributed by atoms with van der Waals surface area (Å²) in [5.74, 6) is 0. The molecular formula is C8H4F3NO2S. The Balaban J connectivity index is 3.26. The first kappa shape index (κ1) is 11.5. The highest BCUT2D eigenvalue weighted by Crippen LogP contribution is 2.29. The van der Waals surface area contributed by atoms with Crippen LogP contribution < -0.4 is 0 Å². The molecule has 80 valence electrons.